The zero-order valence-corrected chi connectivity index (χ0v) is 16.0. The molecule has 0 radical (unpaired) electrons. The first-order valence-corrected chi connectivity index (χ1v) is 9.98. The third-order valence-corrected chi connectivity index (χ3v) is 5.60. The maximum Gasteiger partial charge on any atom is 0.308 e. The molecular weight excluding hydrogens is 378 g/mol. The first kappa shape index (κ1) is 18.4. The van der Waals surface area contributed by atoms with E-state index in [4.69, 9.17) is 4.74 Å². The van der Waals surface area contributed by atoms with Crippen molar-refractivity contribution < 1.29 is 14.3 Å². The number of carbonyl (C=O) groups is 2. The maximum absolute atomic E-state index is 12.5. The quantitative estimate of drug-likeness (QED) is 0.618. The highest BCUT2D eigenvalue weighted by molar-refractivity contribution is 7.16. The number of ether oxygens (including phenoxy) is 1. The number of carbonyl (C=O) groups excluding carboxylic acids is 2. The van der Waals surface area contributed by atoms with Crippen LogP contribution in [0.1, 0.15) is 18.4 Å². The molecule has 3 aromatic rings. The number of anilines is 1. The van der Waals surface area contributed by atoms with Gasteiger partial charge in [0.15, 0.2) is 6.61 Å². The molecule has 1 aromatic carbocycles. The molecule has 1 aliphatic rings. The lowest BCUT2D eigenvalue weighted by Gasteiger charge is -2.29. The van der Waals surface area contributed by atoms with Gasteiger partial charge in [-0.2, -0.15) is 0 Å². The van der Waals surface area contributed by atoms with E-state index in [0.29, 0.717) is 16.8 Å². The van der Waals surface area contributed by atoms with Crippen molar-refractivity contribution in [2.75, 3.05) is 18.1 Å². The van der Waals surface area contributed by atoms with E-state index < -0.39 is 5.97 Å². The Kier molecular flexibility index (Phi) is 5.21. The summed E-state index contributed by atoms with van der Waals surface area (Å²) >= 11 is 1.40. The van der Waals surface area contributed by atoms with Crippen molar-refractivity contribution in [3.8, 4) is 0 Å². The van der Waals surface area contributed by atoms with Crippen LogP contribution in [0.5, 0.6) is 0 Å². The van der Waals surface area contributed by atoms with Crippen molar-refractivity contribution in [1.29, 1.82) is 0 Å². The van der Waals surface area contributed by atoms with Gasteiger partial charge in [0.05, 0.1) is 18.1 Å². The van der Waals surface area contributed by atoms with Crippen LogP contribution in [0, 0.1) is 0 Å². The third kappa shape index (κ3) is 3.68. The van der Waals surface area contributed by atoms with Crippen LogP contribution >= 0.6 is 11.3 Å². The Labute approximate surface area is 165 Å². The molecule has 0 atom stereocenters. The normalized spacial score (nSPS) is 13.4. The van der Waals surface area contributed by atoms with Crippen molar-refractivity contribution in [2.24, 2.45) is 0 Å². The van der Waals surface area contributed by atoms with Gasteiger partial charge in [0.1, 0.15) is 4.83 Å². The number of thiophene rings is 1. The number of para-hydroxylation sites is 1. The van der Waals surface area contributed by atoms with Crippen LogP contribution in [-0.4, -0.2) is 34.6 Å². The molecule has 0 saturated heterocycles. The van der Waals surface area contributed by atoms with Crippen molar-refractivity contribution in [2.45, 2.75) is 25.8 Å². The SMILES string of the molecule is O=C(CCn1cnc2sccc2c1=O)OCC(=O)N1CCCc2ccccc21. The van der Waals surface area contributed by atoms with Crippen molar-refractivity contribution in [1.82, 2.24) is 9.55 Å². The molecule has 1 aliphatic heterocycles. The fourth-order valence-electron chi connectivity index (χ4n) is 3.35. The van der Waals surface area contributed by atoms with Gasteiger partial charge in [0.2, 0.25) is 0 Å². The van der Waals surface area contributed by atoms with E-state index in [1.54, 1.807) is 11.0 Å². The number of nitrogens with zero attached hydrogens (tertiary/aromatic N) is 3. The van der Waals surface area contributed by atoms with Crippen LogP contribution in [0.25, 0.3) is 10.2 Å². The van der Waals surface area contributed by atoms with E-state index in [1.165, 1.54) is 22.2 Å². The average molecular weight is 397 g/mol. The summed E-state index contributed by atoms with van der Waals surface area (Å²) in [6.45, 7) is 0.482. The summed E-state index contributed by atoms with van der Waals surface area (Å²) in [7, 11) is 0. The summed E-state index contributed by atoms with van der Waals surface area (Å²) in [5.41, 5.74) is 1.83. The predicted molar refractivity (Wildman–Crippen MR) is 107 cm³/mol. The lowest BCUT2D eigenvalue weighted by Crippen LogP contribution is -2.38. The zero-order chi connectivity index (χ0) is 19.5. The fourth-order valence-corrected chi connectivity index (χ4v) is 4.07. The van der Waals surface area contributed by atoms with Crippen molar-refractivity contribution >= 4 is 39.1 Å². The molecule has 0 aliphatic carbocycles. The van der Waals surface area contributed by atoms with Gasteiger partial charge in [-0.25, -0.2) is 4.98 Å². The molecule has 144 valence electrons. The van der Waals surface area contributed by atoms with Crippen molar-refractivity contribution in [3.63, 3.8) is 0 Å². The van der Waals surface area contributed by atoms with Crippen LogP contribution in [0.2, 0.25) is 0 Å². The number of rotatable bonds is 5. The number of aromatic nitrogens is 2. The summed E-state index contributed by atoms with van der Waals surface area (Å²) in [5, 5.41) is 2.35. The Bertz CT molecular complexity index is 1090. The van der Waals surface area contributed by atoms with E-state index in [9.17, 15) is 14.4 Å². The number of fused-ring (bicyclic) bond motifs is 2. The Balaban J connectivity index is 1.33. The van der Waals surface area contributed by atoms with Crippen LogP contribution < -0.4 is 10.5 Å². The minimum atomic E-state index is -0.518. The van der Waals surface area contributed by atoms with Crippen LogP contribution in [-0.2, 0) is 27.3 Å². The number of aryl methyl sites for hydroxylation is 2. The lowest BCUT2D eigenvalue weighted by molar-refractivity contribution is -0.148. The highest BCUT2D eigenvalue weighted by atomic mass is 32.1. The van der Waals surface area contributed by atoms with Gasteiger partial charge < -0.3 is 9.64 Å². The van der Waals surface area contributed by atoms with Crippen LogP contribution in [0.3, 0.4) is 0 Å². The second-order valence-electron chi connectivity index (χ2n) is 6.57. The molecule has 1 amide bonds. The standard InChI is InChI=1S/C20H19N3O4S/c24-17(23-9-3-5-14-4-1-2-6-16(14)23)12-27-18(25)7-10-22-13-21-19-15(20(22)26)8-11-28-19/h1-2,4,6,8,11,13H,3,5,7,9-10,12H2. The van der Waals surface area contributed by atoms with Crippen LogP contribution in [0.4, 0.5) is 5.69 Å². The van der Waals surface area contributed by atoms with Gasteiger partial charge >= 0.3 is 5.97 Å². The largest absolute Gasteiger partial charge is 0.455 e. The highest BCUT2D eigenvalue weighted by Crippen LogP contribution is 2.26. The molecule has 4 rings (SSSR count). The van der Waals surface area contributed by atoms with Gasteiger partial charge in [-0.1, -0.05) is 18.2 Å². The smallest absolute Gasteiger partial charge is 0.308 e. The lowest BCUT2D eigenvalue weighted by atomic mass is 10.0. The third-order valence-electron chi connectivity index (χ3n) is 4.78. The molecular formula is C20H19N3O4S. The zero-order valence-electron chi connectivity index (χ0n) is 15.2. The minimum Gasteiger partial charge on any atom is -0.455 e. The second kappa shape index (κ2) is 7.93. The number of amides is 1. The van der Waals surface area contributed by atoms with Crippen LogP contribution in [0.15, 0.2) is 46.8 Å². The summed E-state index contributed by atoms with van der Waals surface area (Å²) in [4.78, 5) is 43.4. The maximum atomic E-state index is 12.5. The summed E-state index contributed by atoms with van der Waals surface area (Å²) in [5.74, 6) is -0.755. The molecule has 8 heteroatoms. The average Bonchev–Trinajstić information content (AvgIpc) is 3.21. The van der Waals surface area contributed by atoms with Gasteiger partial charge in [0.25, 0.3) is 11.5 Å². The molecule has 0 bridgehead atoms. The van der Waals surface area contributed by atoms with Gasteiger partial charge in [-0.3, -0.25) is 19.0 Å². The summed E-state index contributed by atoms with van der Waals surface area (Å²) in [6.07, 6.45) is 3.26. The number of hydrogen-bond acceptors (Lipinski definition) is 6. The van der Waals surface area contributed by atoms with E-state index in [0.717, 1.165) is 24.1 Å². The molecule has 0 saturated carbocycles. The Morgan fingerprint density at radius 3 is 2.96 bits per heavy atom. The predicted octanol–water partition coefficient (Wildman–Crippen LogP) is 2.37. The molecule has 2 aromatic heterocycles. The monoisotopic (exact) mass is 397 g/mol. The fraction of sp³-hybridized carbons (Fsp3) is 0.300. The first-order valence-electron chi connectivity index (χ1n) is 9.10. The van der Waals surface area contributed by atoms with Gasteiger partial charge in [0, 0.05) is 18.8 Å². The molecule has 0 unspecified atom stereocenters. The number of esters is 1. The molecule has 0 spiro atoms. The van der Waals surface area contributed by atoms with E-state index in [1.807, 2.05) is 29.6 Å². The van der Waals surface area contributed by atoms with Gasteiger partial charge in [-0.05, 0) is 35.9 Å². The molecule has 3 heterocycles. The summed E-state index contributed by atoms with van der Waals surface area (Å²) in [6, 6.07) is 9.49. The molecule has 7 nitrogen and oxygen atoms in total. The molecule has 28 heavy (non-hydrogen) atoms. The molecule has 0 N–H and O–H groups in total. The topological polar surface area (TPSA) is 81.5 Å². The van der Waals surface area contributed by atoms with Gasteiger partial charge in [-0.15, -0.1) is 11.3 Å². The first-order chi connectivity index (χ1) is 13.6. The Morgan fingerprint density at radius 1 is 1.21 bits per heavy atom. The highest BCUT2D eigenvalue weighted by Gasteiger charge is 2.23. The van der Waals surface area contributed by atoms with Crippen molar-refractivity contribution in [3.05, 3.63) is 58.0 Å². The summed E-state index contributed by atoms with van der Waals surface area (Å²) < 4.78 is 6.53. The Hall–Kier alpha value is -3.00. The molecule has 0 fully saturated rings. The minimum absolute atomic E-state index is 0.00109. The number of benzene rings is 1. The van der Waals surface area contributed by atoms with E-state index in [2.05, 4.69) is 4.98 Å². The Morgan fingerprint density at radius 2 is 2.07 bits per heavy atom. The van der Waals surface area contributed by atoms with E-state index in [-0.39, 0.29) is 31.0 Å². The second-order valence-corrected chi connectivity index (χ2v) is 7.47. The van der Waals surface area contributed by atoms with E-state index >= 15 is 0 Å². The number of hydrogen-bond donors (Lipinski definition) is 0.